The smallest absolute Gasteiger partial charge is 0.134 e. The molecule has 16 heavy (non-hydrogen) atoms. The first-order valence-electron chi connectivity index (χ1n) is 4.47. The molecule has 86 valence electrons. The first-order chi connectivity index (χ1) is 6.75. The van der Waals surface area contributed by atoms with Crippen LogP contribution in [0.1, 0.15) is 5.56 Å². The van der Waals surface area contributed by atoms with E-state index in [2.05, 4.69) is 10.1 Å². The fourth-order valence-corrected chi connectivity index (χ4v) is 1.72. The van der Waals surface area contributed by atoms with Gasteiger partial charge in [0.1, 0.15) is 5.65 Å². The van der Waals surface area contributed by atoms with Crippen LogP contribution in [0.2, 0.25) is 0 Å². The van der Waals surface area contributed by atoms with Crippen LogP contribution in [-0.4, -0.2) is 14.6 Å². The minimum absolute atomic E-state index is 0. The Balaban J connectivity index is 0.000000640. The molecule has 4 nitrogen and oxygen atoms in total. The Morgan fingerprint density at radius 3 is 2.81 bits per heavy atom. The zero-order valence-corrected chi connectivity index (χ0v) is 10.2. The van der Waals surface area contributed by atoms with E-state index in [0.29, 0.717) is 0 Å². The molecule has 0 aliphatic carbocycles. The van der Waals surface area contributed by atoms with Crippen molar-refractivity contribution in [3.8, 4) is 0 Å². The Morgan fingerprint density at radius 1 is 1.31 bits per heavy atom. The summed E-state index contributed by atoms with van der Waals surface area (Å²) in [5, 5.41) is 4.21. The van der Waals surface area contributed by atoms with Gasteiger partial charge >= 0.3 is 0 Å². The van der Waals surface area contributed by atoms with Crippen LogP contribution in [-0.2, 0) is 0 Å². The van der Waals surface area contributed by atoms with Gasteiger partial charge in [0.05, 0.1) is 17.2 Å². The molecule has 0 saturated carbocycles. The van der Waals surface area contributed by atoms with E-state index in [0.717, 1.165) is 27.9 Å². The molecular weight excluding hydrogens is 247 g/mol. The predicted molar refractivity (Wildman–Crippen MR) is 70.7 cm³/mol. The van der Waals surface area contributed by atoms with Gasteiger partial charge < -0.3 is 10.7 Å². The molecule has 0 atom stereocenters. The molecule has 0 amide bonds. The third-order valence-corrected chi connectivity index (χ3v) is 2.52. The number of imidazole rings is 1. The maximum absolute atomic E-state index is 5.85. The number of aromatic amines is 1. The first-order valence-corrected chi connectivity index (χ1v) is 4.47. The van der Waals surface area contributed by atoms with E-state index in [1.54, 1.807) is 6.20 Å². The van der Waals surface area contributed by atoms with Crippen LogP contribution in [0.25, 0.3) is 16.7 Å². The van der Waals surface area contributed by atoms with Crippen molar-refractivity contribution in [3.05, 3.63) is 30.0 Å². The average molecular weight is 259 g/mol. The second-order valence-corrected chi connectivity index (χ2v) is 3.48. The molecule has 1 aromatic carbocycles. The molecule has 0 fully saturated rings. The maximum atomic E-state index is 5.85. The molecule has 3 N–H and O–H groups in total. The van der Waals surface area contributed by atoms with Crippen LogP contribution in [0.5, 0.6) is 0 Å². The Bertz CT molecular complexity index is 626. The monoisotopic (exact) mass is 258 g/mol. The molecule has 3 rings (SSSR count). The lowest BCUT2D eigenvalue weighted by atomic mass is 10.2. The van der Waals surface area contributed by atoms with Crippen molar-refractivity contribution in [2.24, 2.45) is 0 Å². The number of halogens is 2. The number of benzene rings is 1. The number of H-pyrrole nitrogens is 1. The lowest BCUT2D eigenvalue weighted by molar-refractivity contribution is 1.01. The molecule has 3 aromatic rings. The summed E-state index contributed by atoms with van der Waals surface area (Å²) in [7, 11) is 0. The number of anilines is 1. The minimum atomic E-state index is 0. The molecule has 2 aromatic heterocycles. The van der Waals surface area contributed by atoms with E-state index in [1.807, 2.05) is 29.6 Å². The van der Waals surface area contributed by atoms with Crippen molar-refractivity contribution >= 4 is 47.2 Å². The summed E-state index contributed by atoms with van der Waals surface area (Å²) in [5.74, 6) is 0. The number of rotatable bonds is 0. The lowest BCUT2D eigenvalue weighted by Crippen LogP contribution is -1.90. The number of nitrogens with two attached hydrogens (primary N) is 1. The van der Waals surface area contributed by atoms with Crippen molar-refractivity contribution in [1.82, 2.24) is 14.6 Å². The molecule has 0 unspecified atom stereocenters. The second-order valence-electron chi connectivity index (χ2n) is 3.48. The van der Waals surface area contributed by atoms with Gasteiger partial charge in [0.15, 0.2) is 0 Å². The van der Waals surface area contributed by atoms with E-state index in [-0.39, 0.29) is 24.8 Å². The van der Waals surface area contributed by atoms with Crippen molar-refractivity contribution < 1.29 is 0 Å². The number of fused-ring (bicyclic) bond motifs is 3. The summed E-state index contributed by atoms with van der Waals surface area (Å²) < 4.78 is 1.85. The SMILES string of the molecule is Cc1cc2[nH]c3ccnn3c2cc1N.Cl.Cl. The Kier molecular flexibility index (Phi) is 3.35. The van der Waals surface area contributed by atoms with E-state index in [1.165, 1.54) is 0 Å². The first kappa shape index (κ1) is 12.7. The fraction of sp³-hybridized carbons (Fsp3) is 0.100. The van der Waals surface area contributed by atoms with Crippen LogP contribution in [0, 0.1) is 6.92 Å². The van der Waals surface area contributed by atoms with Gasteiger partial charge in [0.2, 0.25) is 0 Å². The molecule has 0 aliphatic heterocycles. The van der Waals surface area contributed by atoms with E-state index in [4.69, 9.17) is 5.73 Å². The quantitative estimate of drug-likeness (QED) is 0.609. The molecular formula is C10H12Cl2N4. The Labute approximate surface area is 105 Å². The number of nitrogen functional groups attached to an aromatic ring is 1. The standard InChI is InChI=1S/C10H10N4.2ClH/c1-6-4-8-9(5-7(6)11)14-10(13-8)2-3-12-14;;/h2-5,13H,11H2,1H3;2*1H. The number of aryl methyl sites for hydroxylation is 1. The van der Waals surface area contributed by atoms with Gasteiger partial charge in [0.25, 0.3) is 0 Å². The molecule has 0 aliphatic rings. The number of nitrogens with zero attached hydrogens (tertiary/aromatic N) is 2. The zero-order chi connectivity index (χ0) is 9.71. The molecule has 6 heteroatoms. The minimum Gasteiger partial charge on any atom is -0.398 e. The average Bonchev–Trinajstić information content (AvgIpc) is 2.68. The fourth-order valence-electron chi connectivity index (χ4n) is 1.72. The summed E-state index contributed by atoms with van der Waals surface area (Å²) in [6.45, 7) is 2.00. The number of nitrogens with one attached hydrogen (secondary N) is 1. The third-order valence-electron chi connectivity index (χ3n) is 2.52. The van der Waals surface area contributed by atoms with Gasteiger partial charge in [-0.2, -0.15) is 5.10 Å². The van der Waals surface area contributed by atoms with Crippen molar-refractivity contribution in [2.75, 3.05) is 5.73 Å². The van der Waals surface area contributed by atoms with E-state index < -0.39 is 0 Å². The van der Waals surface area contributed by atoms with Crippen molar-refractivity contribution in [3.63, 3.8) is 0 Å². The number of hydrogen-bond acceptors (Lipinski definition) is 2. The maximum Gasteiger partial charge on any atom is 0.134 e. The zero-order valence-electron chi connectivity index (χ0n) is 8.60. The van der Waals surface area contributed by atoms with Crippen molar-refractivity contribution in [1.29, 1.82) is 0 Å². The molecule has 0 spiro atoms. The van der Waals surface area contributed by atoms with Gasteiger partial charge in [-0.15, -0.1) is 24.8 Å². The Hall–Kier alpha value is -1.39. The van der Waals surface area contributed by atoms with Gasteiger partial charge in [-0.25, -0.2) is 4.52 Å². The summed E-state index contributed by atoms with van der Waals surface area (Å²) >= 11 is 0. The normalized spacial score (nSPS) is 10.1. The summed E-state index contributed by atoms with van der Waals surface area (Å²) in [5.41, 5.74) is 10.8. The summed E-state index contributed by atoms with van der Waals surface area (Å²) in [4.78, 5) is 3.27. The summed E-state index contributed by atoms with van der Waals surface area (Å²) in [6, 6.07) is 5.92. The highest BCUT2D eigenvalue weighted by atomic mass is 35.5. The predicted octanol–water partition coefficient (Wildman–Crippen LogP) is 2.55. The number of hydrogen-bond donors (Lipinski definition) is 2. The van der Waals surface area contributed by atoms with Gasteiger partial charge in [0, 0.05) is 11.8 Å². The van der Waals surface area contributed by atoms with Crippen LogP contribution in [0.4, 0.5) is 5.69 Å². The highest BCUT2D eigenvalue weighted by molar-refractivity contribution is 5.86. The summed E-state index contributed by atoms with van der Waals surface area (Å²) in [6.07, 6.45) is 1.77. The molecule has 0 radical (unpaired) electrons. The molecule has 0 bridgehead atoms. The van der Waals surface area contributed by atoms with Crippen LogP contribution < -0.4 is 5.73 Å². The molecule has 2 heterocycles. The highest BCUT2D eigenvalue weighted by Gasteiger charge is 2.05. The van der Waals surface area contributed by atoms with Crippen LogP contribution >= 0.6 is 24.8 Å². The van der Waals surface area contributed by atoms with Crippen LogP contribution in [0.15, 0.2) is 24.4 Å². The van der Waals surface area contributed by atoms with E-state index >= 15 is 0 Å². The van der Waals surface area contributed by atoms with Crippen molar-refractivity contribution in [2.45, 2.75) is 6.92 Å². The van der Waals surface area contributed by atoms with Gasteiger partial charge in [-0.05, 0) is 24.6 Å². The second kappa shape index (κ2) is 4.23. The largest absolute Gasteiger partial charge is 0.398 e. The van der Waals surface area contributed by atoms with Crippen LogP contribution in [0.3, 0.4) is 0 Å². The number of aromatic nitrogens is 3. The topological polar surface area (TPSA) is 59.1 Å². The Morgan fingerprint density at radius 2 is 2.06 bits per heavy atom. The lowest BCUT2D eigenvalue weighted by Gasteiger charge is -1.98. The van der Waals surface area contributed by atoms with Gasteiger partial charge in [-0.1, -0.05) is 0 Å². The highest BCUT2D eigenvalue weighted by Crippen LogP contribution is 2.21. The van der Waals surface area contributed by atoms with E-state index in [9.17, 15) is 0 Å². The van der Waals surface area contributed by atoms with Gasteiger partial charge in [-0.3, -0.25) is 0 Å². The third kappa shape index (κ3) is 1.60. The molecule has 0 saturated heterocycles.